The second-order valence-corrected chi connectivity index (χ2v) is 4.64. The largest absolute Gasteiger partial charge is 0.381 e. The third-order valence-electron chi connectivity index (χ3n) is 3.32. The highest BCUT2D eigenvalue weighted by molar-refractivity contribution is 5.56. The predicted octanol–water partition coefficient (Wildman–Crippen LogP) is 3.54. The summed E-state index contributed by atoms with van der Waals surface area (Å²) in [6.07, 6.45) is 1.45. The van der Waals surface area contributed by atoms with Gasteiger partial charge in [0, 0.05) is 17.8 Å². The molecule has 1 aliphatic heterocycles. The molecule has 1 heterocycles. The first kappa shape index (κ1) is 11.2. The minimum Gasteiger partial charge on any atom is -0.381 e. The molecule has 1 N–H and O–H groups in total. The Labute approximate surface area is 104 Å². The first-order chi connectivity index (χ1) is 8.72. The monoisotopic (exact) mass is 245 g/mol. The second kappa shape index (κ2) is 4.41. The van der Waals surface area contributed by atoms with Crippen LogP contribution in [0.3, 0.4) is 0 Å². The molecule has 0 spiro atoms. The maximum atomic E-state index is 13.6. The molecule has 1 atom stereocenters. The Balaban J connectivity index is 1.76. The fourth-order valence-electron chi connectivity index (χ4n) is 2.45. The van der Waals surface area contributed by atoms with Gasteiger partial charge in [-0.05, 0) is 36.1 Å². The van der Waals surface area contributed by atoms with Crippen molar-refractivity contribution in [2.45, 2.75) is 18.9 Å². The molecule has 0 saturated carbocycles. The van der Waals surface area contributed by atoms with Crippen LogP contribution in [0.1, 0.15) is 11.1 Å². The molecule has 3 heteroatoms. The van der Waals surface area contributed by atoms with Crippen LogP contribution in [0.2, 0.25) is 0 Å². The van der Waals surface area contributed by atoms with Gasteiger partial charge in [0.2, 0.25) is 0 Å². The van der Waals surface area contributed by atoms with Gasteiger partial charge >= 0.3 is 0 Å². The molecule has 92 valence electrons. The minimum absolute atomic E-state index is 0.183. The minimum atomic E-state index is -0.529. The van der Waals surface area contributed by atoms with Crippen molar-refractivity contribution < 1.29 is 8.78 Å². The van der Waals surface area contributed by atoms with Gasteiger partial charge in [-0.15, -0.1) is 0 Å². The molecular weight excluding hydrogens is 232 g/mol. The van der Waals surface area contributed by atoms with E-state index in [9.17, 15) is 8.78 Å². The van der Waals surface area contributed by atoms with Gasteiger partial charge in [0.05, 0.1) is 0 Å². The van der Waals surface area contributed by atoms with Crippen LogP contribution in [-0.2, 0) is 12.8 Å². The lowest BCUT2D eigenvalue weighted by Crippen LogP contribution is -2.19. The molecule has 0 saturated heterocycles. The topological polar surface area (TPSA) is 12.0 Å². The summed E-state index contributed by atoms with van der Waals surface area (Å²) >= 11 is 0. The zero-order valence-electron chi connectivity index (χ0n) is 9.79. The van der Waals surface area contributed by atoms with E-state index < -0.39 is 11.6 Å². The Morgan fingerprint density at radius 1 is 1.11 bits per heavy atom. The van der Waals surface area contributed by atoms with Gasteiger partial charge in [0.1, 0.15) is 11.6 Å². The number of fused-ring (bicyclic) bond motifs is 1. The lowest BCUT2D eigenvalue weighted by Gasteiger charge is -2.11. The SMILES string of the molecule is Fc1ccc(CC2Cc3ccccc3N2)c(F)c1. The average molecular weight is 245 g/mol. The van der Waals surface area contributed by atoms with Gasteiger partial charge in [0.25, 0.3) is 0 Å². The van der Waals surface area contributed by atoms with Crippen LogP contribution in [-0.4, -0.2) is 6.04 Å². The van der Waals surface area contributed by atoms with Crippen molar-refractivity contribution >= 4 is 5.69 Å². The van der Waals surface area contributed by atoms with Crippen LogP contribution in [0.15, 0.2) is 42.5 Å². The van der Waals surface area contributed by atoms with Crippen LogP contribution in [0, 0.1) is 11.6 Å². The third-order valence-corrected chi connectivity index (χ3v) is 3.32. The van der Waals surface area contributed by atoms with Crippen LogP contribution >= 0.6 is 0 Å². The predicted molar refractivity (Wildman–Crippen MR) is 67.6 cm³/mol. The summed E-state index contributed by atoms with van der Waals surface area (Å²) in [5, 5.41) is 3.36. The maximum Gasteiger partial charge on any atom is 0.129 e. The number of benzene rings is 2. The lowest BCUT2D eigenvalue weighted by molar-refractivity contribution is 0.565. The van der Waals surface area contributed by atoms with E-state index in [1.807, 2.05) is 18.2 Å². The first-order valence-corrected chi connectivity index (χ1v) is 6.01. The summed E-state index contributed by atoms with van der Waals surface area (Å²) in [5.74, 6) is -0.994. The normalized spacial score (nSPS) is 17.3. The van der Waals surface area contributed by atoms with Gasteiger partial charge in [-0.25, -0.2) is 8.78 Å². The second-order valence-electron chi connectivity index (χ2n) is 4.64. The quantitative estimate of drug-likeness (QED) is 0.853. The summed E-state index contributed by atoms with van der Waals surface area (Å²) in [5.41, 5.74) is 2.93. The van der Waals surface area contributed by atoms with Crippen molar-refractivity contribution in [3.8, 4) is 0 Å². The molecule has 0 radical (unpaired) electrons. The zero-order chi connectivity index (χ0) is 12.5. The fourth-order valence-corrected chi connectivity index (χ4v) is 2.45. The number of hydrogen-bond acceptors (Lipinski definition) is 1. The molecule has 1 nitrogen and oxygen atoms in total. The van der Waals surface area contributed by atoms with E-state index in [1.165, 1.54) is 17.7 Å². The van der Waals surface area contributed by atoms with Crippen molar-refractivity contribution in [3.05, 3.63) is 65.2 Å². The van der Waals surface area contributed by atoms with Gasteiger partial charge in [-0.2, -0.15) is 0 Å². The van der Waals surface area contributed by atoms with Gasteiger partial charge in [-0.3, -0.25) is 0 Å². The molecule has 3 rings (SSSR count). The lowest BCUT2D eigenvalue weighted by atomic mass is 10.0. The van der Waals surface area contributed by atoms with E-state index in [0.717, 1.165) is 18.2 Å². The Morgan fingerprint density at radius 2 is 1.94 bits per heavy atom. The highest BCUT2D eigenvalue weighted by atomic mass is 19.1. The van der Waals surface area contributed by atoms with Gasteiger partial charge < -0.3 is 5.32 Å². The summed E-state index contributed by atoms with van der Waals surface area (Å²) in [6, 6.07) is 12.0. The van der Waals surface area contributed by atoms with E-state index in [0.29, 0.717) is 12.0 Å². The Morgan fingerprint density at radius 3 is 2.72 bits per heavy atom. The van der Waals surface area contributed by atoms with Crippen molar-refractivity contribution in [2.24, 2.45) is 0 Å². The number of anilines is 1. The van der Waals surface area contributed by atoms with Crippen molar-refractivity contribution in [3.63, 3.8) is 0 Å². The van der Waals surface area contributed by atoms with Crippen molar-refractivity contribution in [2.75, 3.05) is 5.32 Å². The molecule has 0 fully saturated rings. The number of rotatable bonds is 2. The van der Waals surface area contributed by atoms with Crippen molar-refractivity contribution in [1.82, 2.24) is 0 Å². The fraction of sp³-hybridized carbons (Fsp3) is 0.200. The van der Waals surface area contributed by atoms with E-state index in [-0.39, 0.29) is 6.04 Å². The molecule has 2 aromatic rings. The van der Waals surface area contributed by atoms with Crippen LogP contribution in [0.4, 0.5) is 14.5 Å². The van der Waals surface area contributed by atoms with Crippen LogP contribution in [0.25, 0.3) is 0 Å². The first-order valence-electron chi connectivity index (χ1n) is 6.01. The van der Waals surface area contributed by atoms with Gasteiger partial charge in [0.15, 0.2) is 0 Å². The zero-order valence-corrected chi connectivity index (χ0v) is 9.79. The Bertz CT molecular complexity index is 555. The molecule has 0 amide bonds. The molecule has 18 heavy (non-hydrogen) atoms. The van der Waals surface area contributed by atoms with E-state index >= 15 is 0 Å². The number of nitrogens with one attached hydrogen (secondary N) is 1. The molecule has 0 aromatic heterocycles. The van der Waals surface area contributed by atoms with Gasteiger partial charge in [-0.1, -0.05) is 24.3 Å². The number of para-hydroxylation sites is 1. The third kappa shape index (κ3) is 2.08. The summed E-state index contributed by atoms with van der Waals surface area (Å²) in [4.78, 5) is 0. The molecule has 1 unspecified atom stereocenters. The summed E-state index contributed by atoms with van der Waals surface area (Å²) in [6.45, 7) is 0. The Kier molecular flexibility index (Phi) is 2.74. The average Bonchev–Trinajstić information content (AvgIpc) is 2.75. The maximum absolute atomic E-state index is 13.6. The highest BCUT2D eigenvalue weighted by Crippen LogP contribution is 2.27. The standard InChI is InChI=1S/C15H13F2N/c16-12-6-5-10(14(17)9-12)7-13-8-11-3-1-2-4-15(11)18-13/h1-6,9,13,18H,7-8H2. The van der Waals surface area contributed by atoms with Crippen LogP contribution < -0.4 is 5.32 Å². The van der Waals surface area contributed by atoms with Crippen molar-refractivity contribution in [1.29, 1.82) is 0 Å². The molecule has 1 aliphatic rings. The molecular formula is C15H13F2N. The van der Waals surface area contributed by atoms with Crippen LogP contribution in [0.5, 0.6) is 0 Å². The highest BCUT2D eigenvalue weighted by Gasteiger charge is 2.21. The molecule has 0 bridgehead atoms. The Hall–Kier alpha value is -1.90. The smallest absolute Gasteiger partial charge is 0.129 e. The summed E-state index contributed by atoms with van der Waals surface area (Å²) in [7, 11) is 0. The summed E-state index contributed by atoms with van der Waals surface area (Å²) < 4.78 is 26.4. The molecule has 0 aliphatic carbocycles. The number of halogens is 2. The van der Waals surface area contributed by atoms with E-state index in [4.69, 9.17) is 0 Å². The number of hydrogen-bond donors (Lipinski definition) is 1. The molecule has 2 aromatic carbocycles. The van der Waals surface area contributed by atoms with E-state index in [2.05, 4.69) is 11.4 Å². The van der Waals surface area contributed by atoms with E-state index in [1.54, 1.807) is 0 Å².